The van der Waals surface area contributed by atoms with Crippen LogP contribution in [0, 0.1) is 0 Å². The third-order valence-corrected chi connectivity index (χ3v) is 5.67. The summed E-state index contributed by atoms with van der Waals surface area (Å²) in [5.74, 6) is 0. The summed E-state index contributed by atoms with van der Waals surface area (Å²) >= 11 is 0. The van der Waals surface area contributed by atoms with Crippen molar-refractivity contribution >= 4 is 17.9 Å². The van der Waals surface area contributed by atoms with Crippen LogP contribution in [0.4, 0.5) is 15.3 Å². The highest BCUT2D eigenvalue weighted by Gasteiger charge is 2.32. The van der Waals surface area contributed by atoms with Gasteiger partial charge in [0.1, 0.15) is 11.2 Å². The summed E-state index contributed by atoms with van der Waals surface area (Å²) in [4.78, 5) is 24.4. The Kier molecular flexibility index (Phi) is 8.21. The molecule has 0 bridgehead atoms. The topological polar surface area (TPSA) is 88.7 Å². The molecule has 1 aliphatic rings. The van der Waals surface area contributed by atoms with Gasteiger partial charge in [-0.15, -0.1) is 0 Å². The molecule has 0 aliphatic heterocycles. The number of aryl methyl sites for hydroxylation is 1. The summed E-state index contributed by atoms with van der Waals surface area (Å²) in [5, 5.41) is 9.57. The van der Waals surface area contributed by atoms with Crippen LogP contribution >= 0.6 is 0 Å². The van der Waals surface area contributed by atoms with E-state index in [9.17, 15) is 9.59 Å². The van der Waals surface area contributed by atoms with Crippen LogP contribution in [0.25, 0.3) is 0 Å². The zero-order valence-electron chi connectivity index (χ0n) is 21.0. The molecule has 7 nitrogen and oxygen atoms in total. The van der Waals surface area contributed by atoms with Crippen LogP contribution in [0.1, 0.15) is 91.8 Å². The monoisotopic (exact) mass is 447 g/mol. The van der Waals surface area contributed by atoms with Crippen LogP contribution in [0.3, 0.4) is 0 Å². The Morgan fingerprint density at radius 1 is 0.969 bits per heavy atom. The minimum Gasteiger partial charge on any atom is -0.444 e. The number of amides is 2. The highest BCUT2D eigenvalue weighted by Crippen LogP contribution is 2.33. The molecule has 0 heterocycles. The van der Waals surface area contributed by atoms with E-state index in [2.05, 4.69) is 35.9 Å². The predicted octanol–water partition coefficient (Wildman–Crippen LogP) is 5.69. The molecule has 0 radical (unpaired) electrons. The predicted molar refractivity (Wildman–Crippen MR) is 128 cm³/mol. The Morgan fingerprint density at radius 2 is 1.56 bits per heavy atom. The van der Waals surface area contributed by atoms with Gasteiger partial charge in [-0.25, -0.2) is 9.59 Å². The van der Waals surface area contributed by atoms with Crippen LogP contribution in [0.15, 0.2) is 18.2 Å². The summed E-state index contributed by atoms with van der Waals surface area (Å²) in [6, 6.07) is 6.20. The number of alkyl carbamates (subject to hydrolysis) is 1. The van der Waals surface area contributed by atoms with Crippen molar-refractivity contribution in [1.82, 2.24) is 10.6 Å². The first kappa shape index (κ1) is 26.0. The Balaban J connectivity index is 2.01. The fourth-order valence-electron chi connectivity index (χ4n) is 3.89. The molecule has 1 aromatic carbocycles. The molecule has 7 heteroatoms. The molecular formula is C25H41N3O4. The van der Waals surface area contributed by atoms with Crippen molar-refractivity contribution in [2.24, 2.45) is 0 Å². The van der Waals surface area contributed by atoms with Crippen LogP contribution in [0.5, 0.6) is 0 Å². The first-order chi connectivity index (χ1) is 14.8. The van der Waals surface area contributed by atoms with E-state index in [4.69, 9.17) is 9.47 Å². The Morgan fingerprint density at radius 3 is 2.12 bits per heavy atom. The molecule has 1 unspecified atom stereocenters. The normalized spacial score (nSPS) is 16.3. The molecule has 2 amide bonds. The van der Waals surface area contributed by atoms with Gasteiger partial charge in [-0.2, -0.15) is 0 Å². The zero-order valence-corrected chi connectivity index (χ0v) is 21.0. The third kappa shape index (κ3) is 7.69. The number of anilines is 1. The van der Waals surface area contributed by atoms with Crippen molar-refractivity contribution in [1.29, 1.82) is 0 Å². The van der Waals surface area contributed by atoms with Crippen LogP contribution < -0.4 is 16.0 Å². The van der Waals surface area contributed by atoms with E-state index in [1.54, 1.807) is 0 Å². The fraction of sp³-hybridized carbons (Fsp3) is 0.680. The molecule has 2 rings (SSSR count). The maximum atomic E-state index is 12.4. The van der Waals surface area contributed by atoms with Crippen LogP contribution in [0.2, 0.25) is 0 Å². The van der Waals surface area contributed by atoms with Gasteiger partial charge in [0, 0.05) is 18.3 Å². The smallest absolute Gasteiger partial charge is 0.412 e. The number of nitrogens with one attached hydrogen (secondary N) is 3. The van der Waals surface area contributed by atoms with Crippen molar-refractivity contribution < 1.29 is 19.1 Å². The third-order valence-electron chi connectivity index (χ3n) is 5.67. The Bertz CT molecular complexity index is 804. The van der Waals surface area contributed by atoms with Gasteiger partial charge >= 0.3 is 12.2 Å². The molecule has 1 aromatic rings. The van der Waals surface area contributed by atoms with E-state index >= 15 is 0 Å². The van der Waals surface area contributed by atoms with Crippen molar-refractivity contribution in [3.63, 3.8) is 0 Å². The van der Waals surface area contributed by atoms with E-state index in [-0.39, 0.29) is 17.7 Å². The molecular weight excluding hydrogens is 406 g/mol. The van der Waals surface area contributed by atoms with Gasteiger partial charge in [0.05, 0.1) is 5.54 Å². The van der Waals surface area contributed by atoms with Crippen molar-refractivity contribution in [2.45, 2.75) is 104 Å². The number of hydrogen-bond acceptors (Lipinski definition) is 5. The zero-order chi connectivity index (χ0) is 24.2. The van der Waals surface area contributed by atoms with E-state index in [0.29, 0.717) is 6.54 Å². The molecule has 0 saturated heterocycles. The summed E-state index contributed by atoms with van der Waals surface area (Å²) < 4.78 is 10.8. The van der Waals surface area contributed by atoms with Gasteiger partial charge in [0.25, 0.3) is 0 Å². The number of carbonyl (C=O) groups excluding carboxylic acids is 2. The van der Waals surface area contributed by atoms with E-state index in [1.165, 1.54) is 11.1 Å². The number of hydrogen-bond donors (Lipinski definition) is 3. The lowest BCUT2D eigenvalue weighted by Crippen LogP contribution is -2.55. The minimum atomic E-state index is -0.534. The number of benzene rings is 1. The molecule has 3 N–H and O–H groups in total. The van der Waals surface area contributed by atoms with Crippen LogP contribution in [-0.4, -0.2) is 35.5 Å². The molecule has 32 heavy (non-hydrogen) atoms. The second kappa shape index (κ2) is 10.1. The molecule has 1 atom stereocenters. The van der Waals surface area contributed by atoms with Gasteiger partial charge in [-0.1, -0.05) is 19.9 Å². The van der Waals surface area contributed by atoms with Gasteiger partial charge in [-0.05, 0) is 90.5 Å². The summed E-state index contributed by atoms with van der Waals surface area (Å²) in [6.45, 7) is 16.0. The first-order valence-corrected chi connectivity index (χ1v) is 11.6. The van der Waals surface area contributed by atoms with Gasteiger partial charge in [0.15, 0.2) is 0 Å². The quantitative estimate of drug-likeness (QED) is 0.499. The lowest BCUT2D eigenvalue weighted by atomic mass is 9.92. The summed E-state index contributed by atoms with van der Waals surface area (Å²) in [6.07, 6.45) is 2.67. The molecule has 0 fully saturated rings. The largest absolute Gasteiger partial charge is 0.444 e. The highest BCUT2D eigenvalue weighted by atomic mass is 16.6. The van der Waals surface area contributed by atoms with Crippen molar-refractivity contribution in [3.8, 4) is 0 Å². The van der Waals surface area contributed by atoms with E-state index < -0.39 is 17.3 Å². The molecule has 0 spiro atoms. The maximum Gasteiger partial charge on any atom is 0.412 e. The number of carbonyl (C=O) groups is 2. The summed E-state index contributed by atoms with van der Waals surface area (Å²) in [7, 11) is 0. The average molecular weight is 448 g/mol. The molecule has 0 saturated carbocycles. The first-order valence-electron chi connectivity index (χ1n) is 11.6. The van der Waals surface area contributed by atoms with Gasteiger partial charge < -0.3 is 20.1 Å². The molecule has 0 aromatic heterocycles. The second-order valence-electron chi connectivity index (χ2n) is 10.6. The van der Waals surface area contributed by atoms with Gasteiger partial charge in [-0.3, -0.25) is 5.32 Å². The number of rotatable bonds is 7. The fourth-order valence-corrected chi connectivity index (χ4v) is 3.89. The van der Waals surface area contributed by atoms with Crippen molar-refractivity contribution in [3.05, 3.63) is 29.3 Å². The Labute approximate surface area is 193 Å². The number of fused-ring (bicyclic) bond motifs is 1. The highest BCUT2D eigenvalue weighted by molar-refractivity contribution is 5.85. The minimum absolute atomic E-state index is 0.207. The standard InChI is InChI=1S/C25H41N3O4/c1-9-25(10-2,28-22(30)32-24(6,7)8)16-26-20-14-11-17-15-18(12-13-19(17)20)27-21(29)31-23(3,4)5/h12-13,15,20,26H,9-11,14,16H2,1-8H3,(H,27,29)(H,28,30). The second-order valence-corrected chi connectivity index (χ2v) is 10.6. The van der Waals surface area contributed by atoms with Crippen molar-refractivity contribution in [2.75, 3.05) is 11.9 Å². The van der Waals surface area contributed by atoms with E-state index in [1.807, 2.05) is 53.7 Å². The SMILES string of the molecule is CCC(CC)(CNC1CCc2cc(NC(=O)OC(C)(C)C)ccc21)NC(=O)OC(C)(C)C. The maximum absolute atomic E-state index is 12.4. The van der Waals surface area contributed by atoms with Gasteiger partial charge in [0.2, 0.25) is 0 Å². The van der Waals surface area contributed by atoms with E-state index in [0.717, 1.165) is 31.4 Å². The van der Waals surface area contributed by atoms with Crippen LogP contribution in [-0.2, 0) is 15.9 Å². The number of ether oxygens (including phenoxy) is 2. The molecule has 1 aliphatic carbocycles. The average Bonchev–Trinajstić information content (AvgIpc) is 3.04. The lowest BCUT2D eigenvalue weighted by Gasteiger charge is -2.35. The Hall–Kier alpha value is -2.28. The lowest BCUT2D eigenvalue weighted by molar-refractivity contribution is 0.0443. The molecule has 180 valence electrons. The summed E-state index contributed by atoms with van der Waals surface area (Å²) in [5.41, 5.74) is 1.76.